The Balaban J connectivity index is 1.84. The van der Waals surface area contributed by atoms with Crippen molar-refractivity contribution < 1.29 is 13.9 Å². The zero-order valence-electron chi connectivity index (χ0n) is 9.60. The van der Waals surface area contributed by atoms with Crippen LogP contribution in [0.5, 0.6) is 0 Å². The minimum atomic E-state index is -0.183. The van der Waals surface area contributed by atoms with Gasteiger partial charge in [0, 0.05) is 24.7 Å². The number of anilines is 1. The Labute approximate surface area is 98.8 Å². The third-order valence-electron chi connectivity index (χ3n) is 2.45. The predicted octanol–water partition coefficient (Wildman–Crippen LogP) is 2.19. The minimum Gasteiger partial charge on any atom is -0.469 e. The van der Waals surface area contributed by atoms with Gasteiger partial charge in [0.1, 0.15) is 5.52 Å². The number of hydrogen-bond acceptors (Lipinski definition) is 5. The van der Waals surface area contributed by atoms with Gasteiger partial charge in [-0.3, -0.25) is 4.79 Å². The van der Waals surface area contributed by atoms with Crippen molar-refractivity contribution in [3.05, 3.63) is 24.6 Å². The number of esters is 1. The molecule has 1 N–H and O–H groups in total. The van der Waals surface area contributed by atoms with Crippen LogP contribution in [0.15, 0.2) is 29.0 Å². The lowest BCUT2D eigenvalue weighted by molar-refractivity contribution is -0.140. The van der Waals surface area contributed by atoms with Crippen LogP contribution in [-0.4, -0.2) is 24.6 Å². The number of aromatic nitrogens is 1. The molecule has 0 saturated carbocycles. The van der Waals surface area contributed by atoms with Gasteiger partial charge in [-0.05, 0) is 18.6 Å². The molecule has 90 valence electrons. The lowest BCUT2D eigenvalue weighted by atomic mass is 10.2. The molecule has 0 spiro atoms. The van der Waals surface area contributed by atoms with Gasteiger partial charge < -0.3 is 14.5 Å². The number of nitrogens with one attached hydrogen (secondary N) is 1. The van der Waals surface area contributed by atoms with Crippen LogP contribution < -0.4 is 5.32 Å². The van der Waals surface area contributed by atoms with Crippen LogP contribution in [0.4, 0.5) is 5.69 Å². The molecule has 0 unspecified atom stereocenters. The molecule has 1 aromatic heterocycles. The zero-order chi connectivity index (χ0) is 12.1. The van der Waals surface area contributed by atoms with E-state index in [2.05, 4.69) is 15.0 Å². The number of hydrogen-bond donors (Lipinski definition) is 1. The number of nitrogens with zero attached hydrogens (tertiary/aromatic N) is 1. The second kappa shape index (κ2) is 5.34. The molecule has 0 radical (unpaired) electrons. The Morgan fingerprint density at radius 2 is 2.41 bits per heavy atom. The molecule has 0 atom stereocenters. The van der Waals surface area contributed by atoms with Crippen LogP contribution in [0.2, 0.25) is 0 Å². The fourth-order valence-corrected chi connectivity index (χ4v) is 1.53. The highest BCUT2D eigenvalue weighted by molar-refractivity contribution is 5.76. The van der Waals surface area contributed by atoms with Crippen molar-refractivity contribution in [1.82, 2.24) is 4.98 Å². The summed E-state index contributed by atoms with van der Waals surface area (Å²) in [6, 6.07) is 5.71. The number of fused-ring (bicyclic) bond motifs is 1. The monoisotopic (exact) mass is 234 g/mol. The zero-order valence-corrected chi connectivity index (χ0v) is 9.60. The van der Waals surface area contributed by atoms with Gasteiger partial charge in [-0.2, -0.15) is 0 Å². The van der Waals surface area contributed by atoms with Crippen molar-refractivity contribution in [1.29, 1.82) is 0 Å². The third kappa shape index (κ3) is 2.96. The summed E-state index contributed by atoms with van der Waals surface area (Å²) in [5.41, 5.74) is 2.55. The van der Waals surface area contributed by atoms with E-state index in [1.54, 1.807) is 0 Å². The molecule has 5 heteroatoms. The molecular weight excluding hydrogens is 220 g/mol. The van der Waals surface area contributed by atoms with E-state index in [1.165, 1.54) is 13.5 Å². The number of carbonyl (C=O) groups excluding carboxylic acids is 1. The first-order chi connectivity index (χ1) is 8.29. The molecule has 0 bridgehead atoms. The van der Waals surface area contributed by atoms with Gasteiger partial charge in [-0.25, -0.2) is 4.98 Å². The Morgan fingerprint density at radius 3 is 3.24 bits per heavy atom. The van der Waals surface area contributed by atoms with E-state index in [9.17, 15) is 4.79 Å². The molecule has 0 aliphatic rings. The van der Waals surface area contributed by atoms with Gasteiger partial charge in [0.25, 0.3) is 0 Å². The van der Waals surface area contributed by atoms with Gasteiger partial charge >= 0.3 is 5.97 Å². The van der Waals surface area contributed by atoms with E-state index in [0.29, 0.717) is 6.42 Å². The van der Waals surface area contributed by atoms with E-state index in [-0.39, 0.29) is 5.97 Å². The molecular formula is C12H14N2O3. The van der Waals surface area contributed by atoms with Crippen molar-refractivity contribution in [2.45, 2.75) is 12.8 Å². The summed E-state index contributed by atoms with van der Waals surface area (Å²) >= 11 is 0. The highest BCUT2D eigenvalue weighted by Gasteiger charge is 2.01. The molecule has 2 aromatic rings. The minimum absolute atomic E-state index is 0.183. The summed E-state index contributed by atoms with van der Waals surface area (Å²) in [7, 11) is 1.40. The summed E-state index contributed by atoms with van der Waals surface area (Å²) in [4.78, 5) is 14.9. The third-order valence-corrected chi connectivity index (χ3v) is 2.45. The highest BCUT2D eigenvalue weighted by atomic mass is 16.5. The van der Waals surface area contributed by atoms with Crippen LogP contribution in [0.25, 0.3) is 11.1 Å². The number of methoxy groups -OCH3 is 1. The van der Waals surface area contributed by atoms with E-state index in [0.717, 1.165) is 29.8 Å². The summed E-state index contributed by atoms with van der Waals surface area (Å²) in [5, 5.41) is 3.21. The number of ether oxygens (including phenoxy) is 1. The van der Waals surface area contributed by atoms with Crippen LogP contribution >= 0.6 is 0 Å². The Morgan fingerprint density at radius 1 is 1.53 bits per heavy atom. The standard InChI is InChI=1S/C12H14N2O3/c1-16-12(15)3-2-6-13-9-4-5-10-11(7-9)17-8-14-10/h4-5,7-8,13H,2-3,6H2,1H3. The average molecular weight is 234 g/mol. The summed E-state index contributed by atoms with van der Waals surface area (Å²) < 4.78 is 9.75. The highest BCUT2D eigenvalue weighted by Crippen LogP contribution is 2.17. The normalized spacial score (nSPS) is 10.4. The number of carbonyl (C=O) groups is 1. The van der Waals surface area contributed by atoms with Crippen molar-refractivity contribution in [2.24, 2.45) is 0 Å². The van der Waals surface area contributed by atoms with Gasteiger partial charge in [0.2, 0.25) is 0 Å². The van der Waals surface area contributed by atoms with Gasteiger partial charge in [0.05, 0.1) is 7.11 Å². The smallest absolute Gasteiger partial charge is 0.305 e. The fraction of sp³-hybridized carbons (Fsp3) is 0.333. The second-order valence-electron chi connectivity index (χ2n) is 3.64. The Hall–Kier alpha value is -2.04. The molecule has 0 saturated heterocycles. The molecule has 2 rings (SSSR count). The maximum Gasteiger partial charge on any atom is 0.305 e. The number of rotatable bonds is 5. The summed E-state index contributed by atoms with van der Waals surface area (Å²) in [6.07, 6.45) is 2.58. The first kappa shape index (κ1) is 11.4. The quantitative estimate of drug-likeness (QED) is 0.634. The van der Waals surface area contributed by atoms with Crippen molar-refractivity contribution in [2.75, 3.05) is 19.0 Å². The largest absolute Gasteiger partial charge is 0.469 e. The van der Waals surface area contributed by atoms with Crippen LogP contribution in [-0.2, 0) is 9.53 Å². The van der Waals surface area contributed by atoms with E-state index in [1.807, 2.05) is 18.2 Å². The van der Waals surface area contributed by atoms with E-state index in [4.69, 9.17) is 4.42 Å². The molecule has 5 nitrogen and oxygen atoms in total. The van der Waals surface area contributed by atoms with Crippen molar-refractivity contribution >= 4 is 22.8 Å². The van der Waals surface area contributed by atoms with Crippen LogP contribution in [0.3, 0.4) is 0 Å². The molecule has 1 heterocycles. The number of benzene rings is 1. The van der Waals surface area contributed by atoms with Gasteiger partial charge in [-0.1, -0.05) is 0 Å². The molecule has 1 aromatic carbocycles. The van der Waals surface area contributed by atoms with Crippen molar-refractivity contribution in [3.63, 3.8) is 0 Å². The maximum absolute atomic E-state index is 10.9. The summed E-state index contributed by atoms with van der Waals surface area (Å²) in [5.74, 6) is -0.183. The maximum atomic E-state index is 10.9. The molecule has 0 amide bonds. The van der Waals surface area contributed by atoms with Gasteiger partial charge in [-0.15, -0.1) is 0 Å². The SMILES string of the molecule is COC(=O)CCCNc1ccc2ncoc2c1. The van der Waals surface area contributed by atoms with Crippen LogP contribution in [0, 0.1) is 0 Å². The lowest BCUT2D eigenvalue weighted by Crippen LogP contribution is -2.06. The van der Waals surface area contributed by atoms with E-state index < -0.39 is 0 Å². The van der Waals surface area contributed by atoms with E-state index >= 15 is 0 Å². The average Bonchev–Trinajstić information content (AvgIpc) is 2.81. The first-order valence-electron chi connectivity index (χ1n) is 5.43. The second-order valence-corrected chi connectivity index (χ2v) is 3.64. The predicted molar refractivity (Wildman–Crippen MR) is 63.7 cm³/mol. The van der Waals surface area contributed by atoms with Crippen LogP contribution in [0.1, 0.15) is 12.8 Å². The molecule has 17 heavy (non-hydrogen) atoms. The topological polar surface area (TPSA) is 64.4 Å². The Bertz CT molecular complexity index is 507. The lowest BCUT2D eigenvalue weighted by Gasteiger charge is -2.05. The molecule has 0 fully saturated rings. The number of oxazole rings is 1. The summed E-state index contributed by atoms with van der Waals surface area (Å²) in [6.45, 7) is 0.717. The first-order valence-corrected chi connectivity index (χ1v) is 5.43. The molecule has 0 aliphatic heterocycles. The molecule has 0 aliphatic carbocycles. The Kier molecular flexibility index (Phi) is 3.59. The van der Waals surface area contributed by atoms with Gasteiger partial charge in [0.15, 0.2) is 12.0 Å². The van der Waals surface area contributed by atoms with Crippen molar-refractivity contribution in [3.8, 4) is 0 Å². The fourth-order valence-electron chi connectivity index (χ4n) is 1.53.